The third kappa shape index (κ3) is 2.96. The van der Waals surface area contributed by atoms with Crippen molar-refractivity contribution in [1.82, 2.24) is 0 Å². The molecule has 6 heteroatoms. The maximum Gasteiger partial charge on any atom is 0.455 e. The van der Waals surface area contributed by atoms with E-state index in [9.17, 15) is 18.0 Å². The van der Waals surface area contributed by atoms with Gasteiger partial charge in [0.1, 0.15) is 5.75 Å². The number of hydrogen-bond donors (Lipinski definition) is 0. The minimum atomic E-state index is -4.83. The summed E-state index contributed by atoms with van der Waals surface area (Å²) in [4.78, 5) is 11.4. The second-order valence-corrected chi connectivity index (χ2v) is 4.80. The fourth-order valence-electron chi connectivity index (χ4n) is 1.51. The lowest BCUT2D eigenvalue weighted by molar-refractivity contribution is -0.0882. The first kappa shape index (κ1) is 13.6. The Kier molecular flexibility index (Phi) is 3.61. The fourth-order valence-corrected chi connectivity index (χ4v) is 2.48. The Morgan fingerprint density at radius 2 is 1.74 bits per heavy atom. The Labute approximate surface area is 111 Å². The highest BCUT2D eigenvalue weighted by molar-refractivity contribution is 7.17. The summed E-state index contributed by atoms with van der Waals surface area (Å²) in [6, 6.07) is 9.57. The molecule has 0 aliphatic rings. The monoisotopic (exact) mass is 286 g/mol. The smallest absolute Gasteiger partial charge is 0.455 e. The molecule has 0 aliphatic heterocycles. The summed E-state index contributed by atoms with van der Waals surface area (Å²) in [5.74, 6) is -1.15. The van der Waals surface area contributed by atoms with E-state index in [1.807, 2.05) is 0 Å². The van der Waals surface area contributed by atoms with Crippen molar-refractivity contribution in [3.8, 4) is 16.2 Å². The highest BCUT2D eigenvalue weighted by Crippen LogP contribution is 2.32. The molecule has 1 heterocycles. The number of carbonyl (C=O) groups is 1. The molecule has 0 saturated heterocycles. The van der Waals surface area contributed by atoms with Crippen LogP contribution >= 0.6 is 11.3 Å². The molecule has 0 atom stereocenters. The molecule has 0 saturated carbocycles. The number of rotatable bonds is 3. The van der Waals surface area contributed by atoms with Gasteiger partial charge in [-0.2, -0.15) is 13.2 Å². The van der Waals surface area contributed by atoms with E-state index in [1.54, 1.807) is 24.3 Å². The molecule has 19 heavy (non-hydrogen) atoms. The fraction of sp³-hybridized carbons (Fsp3) is 0.154. The molecule has 0 bridgehead atoms. The summed E-state index contributed by atoms with van der Waals surface area (Å²) in [6.45, 7) is 0. The molecule has 1 aromatic heterocycles. The van der Waals surface area contributed by atoms with Gasteiger partial charge in [0.05, 0.1) is 12.0 Å². The number of Topliss-reactive ketones (excluding diaryl/α,β-unsaturated/α-hetero) is 1. The average Bonchev–Trinajstić information content (AvgIpc) is 2.86. The lowest BCUT2D eigenvalue weighted by Gasteiger charge is -2.02. The van der Waals surface area contributed by atoms with E-state index in [4.69, 9.17) is 4.74 Å². The van der Waals surface area contributed by atoms with Crippen LogP contribution in [-0.2, 0) is 0 Å². The molecule has 2 rings (SSSR count). The van der Waals surface area contributed by atoms with Crippen LogP contribution in [0.2, 0.25) is 0 Å². The van der Waals surface area contributed by atoms with E-state index in [1.165, 1.54) is 19.2 Å². The van der Waals surface area contributed by atoms with Crippen molar-refractivity contribution >= 4 is 17.1 Å². The maximum atomic E-state index is 12.3. The number of alkyl halides is 3. The van der Waals surface area contributed by atoms with Crippen LogP contribution in [0, 0.1) is 0 Å². The second kappa shape index (κ2) is 5.05. The van der Waals surface area contributed by atoms with Crippen molar-refractivity contribution in [1.29, 1.82) is 0 Å². The van der Waals surface area contributed by atoms with Gasteiger partial charge in [-0.25, -0.2) is 0 Å². The van der Waals surface area contributed by atoms with Gasteiger partial charge in [-0.15, -0.1) is 11.3 Å². The van der Waals surface area contributed by atoms with Gasteiger partial charge >= 0.3 is 6.18 Å². The topological polar surface area (TPSA) is 26.3 Å². The van der Waals surface area contributed by atoms with Gasteiger partial charge < -0.3 is 4.74 Å². The maximum absolute atomic E-state index is 12.3. The van der Waals surface area contributed by atoms with Gasteiger partial charge in [0.15, 0.2) is 0 Å². The molecule has 0 N–H and O–H groups in total. The van der Waals surface area contributed by atoms with Crippen LogP contribution in [0.5, 0.6) is 5.75 Å². The zero-order valence-electron chi connectivity index (χ0n) is 9.82. The Morgan fingerprint density at radius 3 is 2.26 bits per heavy atom. The predicted octanol–water partition coefficient (Wildman–Crippen LogP) is 4.17. The van der Waals surface area contributed by atoms with Crippen molar-refractivity contribution in [2.45, 2.75) is 6.18 Å². The van der Waals surface area contributed by atoms with Crippen LogP contribution in [0.4, 0.5) is 13.2 Å². The highest BCUT2D eigenvalue weighted by atomic mass is 32.1. The van der Waals surface area contributed by atoms with Crippen LogP contribution in [0.15, 0.2) is 36.4 Å². The summed E-state index contributed by atoms with van der Waals surface area (Å²) in [5, 5.41) is 0. The summed E-state index contributed by atoms with van der Waals surface area (Å²) in [5.41, 5.74) is 0.743. The minimum Gasteiger partial charge on any atom is -0.497 e. The lowest BCUT2D eigenvalue weighted by Crippen LogP contribution is -2.21. The lowest BCUT2D eigenvalue weighted by atomic mass is 10.2. The quantitative estimate of drug-likeness (QED) is 0.792. The SMILES string of the molecule is COc1ccc(-c2ccc(C(=O)C(F)(F)F)s2)cc1. The predicted molar refractivity (Wildman–Crippen MR) is 66.7 cm³/mol. The molecule has 2 aromatic rings. The summed E-state index contributed by atoms with van der Waals surface area (Å²) in [7, 11) is 1.53. The second-order valence-electron chi connectivity index (χ2n) is 3.72. The van der Waals surface area contributed by atoms with Crippen molar-refractivity contribution in [3.05, 3.63) is 41.3 Å². The van der Waals surface area contributed by atoms with Crippen molar-refractivity contribution < 1.29 is 22.7 Å². The van der Waals surface area contributed by atoms with Gasteiger partial charge in [-0.1, -0.05) is 0 Å². The molecule has 0 fully saturated rings. The number of halogens is 3. The Bertz CT molecular complexity index is 585. The number of ketones is 1. The van der Waals surface area contributed by atoms with E-state index < -0.39 is 12.0 Å². The molecular formula is C13H9F3O2S. The Morgan fingerprint density at radius 1 is 1.11 bits per heavy atom. The summed E-state index contributed by atoms with van der Waals surface area (Å²) in [6.07, 6.45) is -4.83. The first-order valence-corrected chi connectivity index (χ1v) is 6.09. The van der Waals surface area contributed by atoms with E-state index in [-0.39, 0.29) is 4.88 Å². The molecule has 0 amide bonds. The molecule has 0 spiro atoms. The van der Waals surface area contributed by atoms with E-state index in [2.05, 4.69) is 0 Å². The van der Waals surface area contributed by atoms with Crippen LogP contribution in [0.25, 0.3) is 10.4 Å². The molecule has 100 valence electrons. The standard InChI is InChI=1S/C13H9F3O2S/c1-18-9-4-2-8(3-5-9)10-6-7-11(19-10)12(17)13(14,15)16/h2-7H,1H3. The van der Waals surface area contributed by atoms with Gasteiger partial charge in [0.2, 0.25) is 0 Å². The zero-order valence-corrected chi connectivity index (χ0v) is 10.6. The normalized spacial score (nSPS) is 11.4. The number of ether oxygens (including phenoxy) is 1. The molecule has 0 aliphatic carbocycles. The van der Waals surface area contributed by atoms with Crippen molar-refractivity contribution in [2.24, 2.45) is 0 Å². The average molecular weight is 286 g/mol. The van der Waals surface area contributed by atoms with Gasteiger partial charge in [-0.3, -0.25) is 4.79 Å². The van der Waals surface area contributed by atoms with Crippen molar-refractivity contribution in [3.63, 3.8) is 0 Å². The Balaban J connectivity index is 2.28. The van der Waals surface area contributed by atoms with Gasteiger partial charge in [0, 0.05) is 4.88 Å². The number of thiophene rings is 1. The van der Waals surface area contributed by atoms with E-state index >= 15 is 0 Å². The van der Waals surface area contributed by atoms with Gasteiger partial charge in [0.25, 0.3) is 5.78 Å². The number of methoxy groups -OCH3 is 1. The first-order valence-electron chi connectivity index (χ1n) is 5.27. The molecule has 1 aromatic carbocycles. The summed E-state index contributed by atoms with van der Waals surface area (Å²) < 4.78 is 41.9. The van der Waals surface area contributed by atoms with Crippen LogP contribution < -0.4 is 4.74 Å². The number of hydrogen-bond acceptors (Lipinski definition) is 3. The largest absolute Gasteiger partial charge is 0.497 e. The van der Waals surface area contributed by atoms with Gasteiger partial charge in [-0.05, 0) is 42.0 Å². The van der Waals surface area contributed by atoms with Crippen LogP contribution in [0.3, 0.4) is 0 Å². The zero-order chi connectivity index (χ0) is 14.0. The minimum absolute atomic E-state index is 0.307. The first-order chi connectivity index (χ1) is 8.91. The molecule has 2 nitrogen and oxygen atoms in total. The van der Waals surface area contributed by atoms with Crippen molar-refractivity contribution in [2.75, 3.05) is 7.11 Å². The third-order valence-electron chi connectivity index (χ3n) is 2.46. The molecule has 0 radical (unpaired) electrons. The van der Waals surface area contributed by atoms with E-state index in [0.29, 0.717) is 10.6 Å². The van der Waals surface area contributed by atoms with Crippen LogP contribution in [0.1, 0.15) is 9.67 Å². The highest BCUT2D eigenvalue weighted by Gasteiger charge is 2.40. The number of benzene rings is 1. The van der Waals surface area contributed by atoms with Crippen LogP contribution in [-0.4, -0.2) is 19.1 Å². The summed E-state index contributed by atoms with van der Waals surface area (Å²) >= 11 is 0.824. The molecule has 0 unspecified atom stereocenters. The molecular weight excluding hydrogens is 277 g/mol. The number of carbonyl (C=O) groups excluding carboxylic acids is 1. The van der Waals surface area contributed by atoms with E-state index in [0.717, 1.165) is 16.9 Å². The third-order valence-corrected chi connectivity index (χ3v) is 3.59. The Hall–Kier alpha value is -1.82.